The highest BCUT2D eigenvalue weighted by atomic mass is 19.4. The maximum atomic E-state index is 11.8. The first-order chi connectivity index (χ1) is 7.29. The van der Waals surface area contributed by atoms with Gasteiger partial charge in [0.1, 0.15) is 12.3 Å². The first kappa shape index (κ1) is 12.4. The average Bonchev–Trinajstić information content (AvgIpc) is 2.17. The number of carbonyl (C=O) groups is 1. The summed E-state index contributed by atoms with van der Waals surface area (Å²) >= 11 is 0. The lowest BCUT2D eigenvalue weighted by molar-refractivity contribution is -0.123. The van der Waals surface area contributed by atoms with Crippen molar-refractivity contribution in [2.75, 3.05) is 6.54 Å². The second-order valence-corrected chi connectivity index (χ2v) is 3.30. The molecule has 0 bridgehead atoms. The number of phenolic OH excluding ortho intramolecular Hbond substituents is 1. The molecule has 1 amide bonds. The standard InChI is InChI=1S/C10H10F3NO2/c1-6-2-3-7(4-8(6)15)9(16)14-5-10(11,12)13/h2-4,15H,5H2,1H3,(H,14,16). The number of benzene rings is 1. The van der Waals surface area contributed by atoms with E-state index in [1.54, 1.807) is 12.2 Å². The molecule has 0 aliphatic rings. The molecule has 0 saturated carbocycles. The third kappa shape index (κ3) is 3.45. The van der Waals surface area contributed by atoms with Crippen molar-refractivity contribution in [2.45, 2.75) is 13.1 Å². The van der Waals surface area contributed by atoms with Crippen LogP contribution in [0.5, 0.6) is 5.75 Å². The fourth-order valence-corrected chi connectivity index (χ4v) is 1.03. The summed E-state index contributed by atoms with van der Waals surface area (Å²) in [6.07, 6.45) is -4.44. The number of nitrogens with one attached hydrogen (secondary N) is 1. The Morgan fingerprint density at radius 1 is 1.44 bits per heavy atom. The summed E-state index contributed by atoms with van der Waals surface area (Å²) in [7, 11) is 0. The second-order valence-electron chi connectivity index (χ2n) is 3.30. The van der Waals surface area contributed by atoms with Crippen molar-refractivity contribution in [3.05, 3.63) is 29.3 Å². The van der Waals surface area contributed by atoms with Crippen molar-refractivity contribution < 1.29 is 23.1 Å². The summed E-state index contributed by atoms with van der Waals surface area (Å²) in [4.78, 5) is 11.2. The van der Waals surface area contributed by atoms with Gasteiger partial charge in [-0.1, -0.05) is 6.07 Å². The molecule has 0 aromatic heterocycles. The van der Waals surface area contributed by atoms with Crippen molar-refractivity contribution in [1.29, 1.82) is 0 Å². The Morgan fingerprint density at radius 2 is 2.06 bits per heavy atom. The number of halogens is 3. The summed E-state index contributed by atoms with van der Waals surface area (Å²) in [6, 6.07) is 3.93. The molecule has 0 saturated heterocycles. The number of aryl methyl sites for hydroxylation is 1. The Hall–Kier alpha value is -1.72. The molecule has 1 aromatic rings. The maximum Gasteiger partial charge on any atom is 0.405 e. The predicted molar refractivity (Wildman–Crippen MR) is 51.2 cm³/mol. The van der Waals surface area contributed by atoms with Crippen LogP contribution in [0, 0.1) is 6.92 Å². The SMILES string of the molecule is Cc1ccc(C(=O)NCC(F)(F)F)cc1O. The van der Waals surface area contributed by atoms with Gasteiger partial charge in [0.15, 0.2) is 0 Å². The van der Waals surface area contributed by atoms with Crippen molar-refractivity contribution >= 4 is 5.91 Å². The molecule has 0 atom stereocenters. The molecule has 6 heteroatoms. The van der Waals surface area contributed by atoms with Crippen molar-refractivity contribution in [2.24, 2.45) is 0 Å². The Bertz CT molecular complexity index is 402. The monoisotopic (exact) mass is 233 g/mol. The average molecular weight is 233 g/mol. The molecule has 1 rings (SSSR count). The van der Waals surface area contributed by atoms with Crippen LogP contribution in [-0.2, 0) is 0 Å². The molecular formula is C10H10F3NO2. The molecule has 1 aromatic carbocycles. The lowest BCUT2D eigenvalue weighted by Crippen LogP contribution is -2.33. The molecule has 0 spiro atoms. The number of aromatic hydroxyl groups is 1. The molecule has 2 N–H and O–H groups in total. The fourth-order valence-electron chi connectivity index (χ4n) is 1.03. The molecule has 3 nitrogen and oxygen atoms in total. The van der Waals surface area contributed by atoms with Gasteiger partial charge in [-0.2, -0.15) is 13.2 Å². The van der Waals surface area contributed by atoms with Gasteiger partial charge >= 0.3 is 6.18 Å². The van der Waals surface area contributed by atoms with Gasteiger partial charge in [-0.05, 0) is 24.6 Å². The van der Waals surface area contributed by atoms with Gasteiger partial charge in [-0.3, -0.25) is 4.79 Å². The van der Waals surface area contributed by atoms with E-state index < -0.39 is 18.6 Å². The number of hydrogen-bond donors (Lipinski definition) is 2. The second kappa shape index (κ2) is 4.42. The lowest BCUT2D eigenvalue weighted by Gasteiger charge is -2.08. The summed E-state index contributed by atoms with van der Waals surface area (Å²) in [5.74, 6) is -0.993. The van der Waals surface area contributed by atoms with Crippen LogP contribution in [0.25, 0.3) is 0 Å². The highest BCUT2D eigenvalue weighted by Crippen LogP contribution is 2.18. The van der Waals surface area contributed by atoms with E-state index >= 15 is 0 Å². The highest BCUT2D eigenvalue weighted by Gasteiger charge is 2.27. The van der Waals surface area contributed by atoms with Gasteiger partial charge in [0.25, 0.3) is 5.91 Å². The smallest absolute Gasteiger partial charge is 0.405 e. The molecule has 0 aliphatic heterocycles. The van der Waals surface area contributed by atoms with Crippen LogP contribution >= 0.6 is 0 Å². The van der Waals surface area contributed by atoms with Crippen LogP contribution in [0.3, 0.4) is 0 Å². The zero-order chi connectivity index (χ0) is 12.3. The van der Waals surface area contributed by atoms with E-state index in [-0.39, 0.29) is 11.3 Å². The van der Waals surface area contributed by atoms with E-state index in [0.29, 0.717) is 5.56 Å². The zero-order valence-electron chi connectivity index (χ0n) is 8.43. The molecule has 0 fully saturated rings. The summed E-state index contributed by atoms with van der Waals surface area (Å²) in [5, 5.41) is 11.0. The summed E-state index contributed by atoms with van der Waals surface area (Å²) in [6.45, 7) is 0.229. The van der Waals surface area contributed by atoms with Crippen LogP contribution in [0.1, 0.15) is 15.9 Å². The third-order valence-corrected chi connectivity index (χ3v) is 1.92. The van der Waals surface area contributed by atoms with E-state index in [9.17, 15) is 23.1 Å². The molecule has 0 aliphatic carbocycles. The summed E-state index contributed by atoms with van der Waals surface area (Å²) < 4.78 is 35.4. The largest absolute Gasteiger partial charge is 0.508 e. The number of phenols is 1. The molecule has 16 heavy (non-hydrogen) atoms. The van der Waals surface area contributed by atoms with E-state index in [1.807, 2.05) is 0 Å². The van der Waals surface area contributed by atoms with Crippen LogP contribution < -0.4 is 5.32 Å². The number of rotatable bonds is 2. The first-order valence-electron chi connectivity index (χ1n) is 4.44. The molecular weight excluding hydrogens is 223 g/mol. The fraction of sp³-hybridized carbons (Fsp3) is 0.300. The van der Waals surface area contributed by atoms with Gasteiger partial charge in [0.2, 0.25) is 0 Å². The van der Waals surface area contributed by atoms with Crippen LogP contribution in [0.15, 0.2) is 18.2 Å². The Labute approximate surface area is 89.9 Å². The molecule has 88 valence electrons. The van der Waals surface area contributed by atoms with Gasteiger partial charge in [0.05, 0.1) is 0 Å². The number of carbonyl (C=O) groups excluding carboxylic acids is 1. The number of amides is 1. The maximum absolute atomic E-state index is 11.8. The number of hydrogen-bond acceptors (Lipinski definition) is 2. The Morgan fingerprint density at radius 3 is 2.56 bits per heavy atom. The van der Waals surface area contributed by atoms with Crippen LogP contribution in [0.4, 0.5) is 13.2 Å². The van der Waals surface area contributed by atoms with Gasteiger partial charge in [-0.25, -0.2) is 0 Å². The topological polar surface area (TPSA) is 49.3 Å². The Balaban J connectivity index is 2.70. The van der Waals surface area contributed by atoms with Crippen molar-refractivity contribution in [3.63, 3.8) is 0 Å². The van der Waals surface area contributed by atoms with E-state index in [4.69, 9.17) is 0 Å². The van der Waals surface area contributed by atoms with Gasteiger partial charge < -0.3 is 10.4 Å². The van der Waals surface area contributed by atoms with Gasteiger partial charge in [-0.15, -0.1) is 0 Å². The molecule has 0 unspecified atom stereocenters. The van der Waals surface area contributed by atoms with E-state index in [1.165, 1.54) is 12.1 Å². The minimum Gasteiger partial charge on any atom is -0.508 e. The van der Waals surface area contributed by atoms with E-state index in [2.05, 4.69) is 0 Å². The molecule has 0 radical (unpaired) electrons. The van der Waals surface area contributed by atoms with Crippen LogP contribution in [-0.4, -0.2) is 23.7 Å². The highest BCUT2D eigenvalue weighted by molar-refractivity contribution is 5.94. The first-order valence-corrected chi connectivity index (χ1v) is 4.44. The van der Waals surface area contributed by atoms with Crippen molar-refractivity contribution in [3.8, 4) is 5.75 Å². The third-order valence-electron chi connectivity index (χ3n) is 1.92. The van der Waals surface area contributed by atoms with E-state index in [0.717, 1.165) is 6.07 Å². The Kier molecular flexibility index (Phi) is 3.41. The minimum atomic E-state index is -4.44. The minimum absolute atomic E-state index is 0.00708. The van der Waals surface area contributed by atoms with Crippen LogP contribution in [0.2, 0.25) is 0 Å². The number of alkyl halides is 3. The van der Waals surface area contributed by atoms with Crippen molar-refractivity contribution in [1.82, 2.24) is 5.32 Å². The van der Waals surface area contributed by atoms with Gasteiger partial charge in [0, 0.05) is 5.56 Å². The zero-order valence-corrected chi connectivity index (χ0v) is 8.43. The quantitative estimate of drug-likeness (QED) is 0.820. The lowest BCUT2D eigenvalue weighted by atomic mass is 10.1. The normalized spacial score (nSPS) is 11.2. The predicted octanol–water partition coefficient (Wildman–Crippen LogP) is 1.99. The summed E-state index contributed by atoms with van der Waals surface area (Å²) in [5.41, 5.74) is 0.541. The molecule has 0 heterocycles.